The van der Waals surface area contributed by atoms with Crippen LogP contribution in [0.1, 0.15) is 11.1 Å². The Hall–Kier alpha value is -2.35. The summed E-state index contributed by atoms with van der Waals surface area (Å²) in [7, 11) is 0. The van der Waals surface area contributed by atoms with Crippen molar-refractivity contribution in [2.75, 3.05) is 5.32 Å². The van der Waals surface area contributed by atoms with Crippen LogP contribution in [0.25, 0.3) is 0 Å². The fourth-order valence-electron chi connectivity index (χ4n) is 1.88. The summed E-state index contributed by atoms with van der Waals surface area (Å²) in [5, 5.41) is 11.9. The normalized spacial score (nSPS) is 11.5. The molecule has 0 aliphatic carbocycles. The van der Waals surface area contributed by atoms with E-state index in [1.165, 1.54) is 6.07 Å². The molecule has 2 rings (SSSR count). The van der Waals surface area contributed by atoms with Crippen molar-refractivity contribution in [3.05, 3.63) is 64.7 Å². The number of nitrogens with two attached hydrogens (primary N) is 1. The molecule has 5 heteroatoms. The Balaban J connectivity index is 2.06. The van der Waals surface area contributed by atoms with Gasteiger partial charge in [0.1, 0.15) is 0 Å². The first-order chi connectivity index (χ1) is 10.1. The summed E-state index contributed by atoms with van der Waals surface area (Å²) in [5.74, 6) is -0.337. The number of nitrogens with one attached hydrogen (secondary N) is 1. The molecule has 1 atom stereocenters. The van der Waals surface area contributed by atoms with Crippen molar-refractivity contribution in [1.82, 2.24) is 0 Å². The zero-order valence-corrected chi connectivity index (χ0v) is 12.0. The molecule has 3 N–H and O–H groups in total. The van der Waals surface area contributed by atoms with E-state index in [2.05, 4.69) is 5.32 Å². The van der Waals surface area contributed by atoms with Crippen molar-refractivity contribution in [1.29, 1.82) is 5.26 Å². The van der Waals surface area contributed by atoms with Crippen LogP contribution in [-0.4, -0.2) is 11.9 Å². The van der Waals surface area contributed by atoms with E-state index in [1.807, 2.05) is 36.4 Å². The van der Waals surface area contributed by atoms with E-state index in [1.54, 1.807) is 12.1 Å². The first-order valence-electron chi connectivity index (χ1n) is 6.40. The summed E-state index contributed by atoms with van der Waals surface area (Å²) >= 11 is 6.00. The predicted molar refractivity (Wildman–Crippen MR) is 82.9 cm³/mol. The van der Waals surface area contributed by atoms with Crippen molar-refractivity contribution in [3.63, 3.8) is 0 Å². The van der Waals surface area contributed by atoms with Crippen LogP contribution < -0.4 is 11.1 Å². The minimum atomic E-state index is -0.686. The average molecular weight is 300 g/mol. The third-order valence-electron chi connectivity index (χ3n) is 2.99. The van der Waals surface area contributed by atoms with Gasteiger partial charge in [-0.2, -0.15) is 5.26 Å². The molecule has 0 aliphatic rings. The average Bonchev–Trinajstić information content (AvgIpc) is 2.50. The zero-order valence-electron chi connectivity index (χ0n) is 11.2. The van der Waals surface area contributed by atoms with Crippen LogP contribution in [0.15, 0.2) is 48.5 Å². The van der Waals surface area contributed by atoms with Crippen molar-refractivity contribution >= 4 is 23.2 Å². The van der Waals surface area contributed by atoms with Crippen molar-refractivity contribution in [2.24, 2.45) is 5.73 Å². The van der Waals surface area contributed by atoms with Crippen LogP contribution in [0.2, 0.25) is 5.02 Å². The van der Waals surface area contributed by atoms with Gasteiger partial charge >= 0.3 is 0 Å². The maximum Gasteiger partial charge on any atom is 0.241 e. The Morgan fingerprint density at radius 3 is 2.67 bits per heavy atom. The van der Waals surface area contributed by atoms with Gasteiger partial charge in [0.15, 0.2) is 0 Å². The van der Waals surface area contributed by atoms with E-state index in [0.717, 1.165) is 5.56 Å². The second kappa shape index (κ2) is 6.89. The molecule has 0 spiro atoms. The maximum atomic E-state index is 12.1. The zero-order chi connectivity index (χ0) is 15.2. The molecule has 0 heterocycles. The molecule has 2 aromatic rings. The topological polar surface area (TPSA) is 78.9 Å². The number of halogens is 1. The van der Waals surface area contributed by atoms with Gasteiger partial charge in [-0.25, -0.2) is 0 Å². The molecule has 0 aromatic heterocycles. The Morgan fingerprint density at radius 2 is 2.00 bits per heavy atom. The monoisotopic (exact) mass is 299 g/mol. The molecule has 0 saturated heterocycles. The number of nitriles is 1. The number of carbonyl (C=O) groups excluding carboxylic acids is 1. The molecule has 106 valence electrons. The lowest BCUT2D eigenvalue weighted by atomic mass is 10.1. The van der Waals surface area contributed by atoms with Gasteiger partial charge < -0.3 is 11.1 Å². The van der Waals surface area contributed by atoms with Gasteiger partial charge in [-0.05, 0) is 30.2 Å². The standard InChI is InChI=1S/C16H14ClN3O/c17-13-7-6-12(10-18)9-15(13)20-16(21)14(19)8-11-4-2-1-3-5-11/h1-7,9,14H,8,19H2,(H,20,21)/t14-/m0/s1. The number of anilines is 1. The van der Waals surface area contributed by atoms with Gasteiger partial charge in [0.25, 0.3) is 0 Å². The van der Waals surface area contributed by atoms with E-state index in [9.17, 15) is 4.79 Å². The highest BCUT2D eigenvalue weighted by Crippen LogP contribution is 2.23. The van der Waals surface area contributed by atoms with Crippen LogP contribution in [0.4, 0.5) is 5.69 Å². The molecule has 21 heavy (non-hydrogen) atoms. The second-order valence-corrected chi connectivity index (χ2v) is 5.00. The maximum absolute atomic E-state index is 12.1. The van der Waals surface area contributed by atoms with Crippen LogP contribution in [0, 0.1) is 11.3 Å². The summed E-state index contributed by atoms with van der Waals surface area (Å²) in [5.41, 5.74) is 7.70. The van der Waals surface area contributed by atoms with Gasteiger partial charge in [-0.1, -0.05) is 41.9 Å². The summed E-state index contributed by atoms with van der Waals surface area (Å²) in [6, 6.07) is 15.5. The SMILES string of the molecule is N#Cc1ccc(Cl)c(NC(=O)[C@@H](N)Cc2ccccc2)c1. The summed E-state index contributed by atoms with van der Waals surface area (Å²) in [6.07, 6.45) is 0.433. The van der Waals surface area contributed by atoms with Crippen LogP contribution in [0.5, 0.6) is 0 Å². The minimum Gasteiger partial charge on any atom is -0.323 e. The summed E-state index contributed by atoms with van der Waals surface area (Å²) in [4.78, 5) is 12.1. The largest absolute Gasteiger partial charge is 0.323 e. The lowest BCUT2D eigenvalue weighted by molar-refractivity contribution is -0.117. The Morgan fingerprint density at radius 1 is 1.29 bits per heavy atom. The van der Waals surface area contributed by atoms with E-state index < -0.39 is 6.04 Å². The highest BCUT2D eigenvalue weighted by atomic mass is 35.5. The number of amides is 1. The van der Waals surface area contributed by atoms with E-state index in [4.69, 9.17) is 22.6 Å². The molecule has 0 aliphatic heterocycles. The summed E-state index contributed by atoms with van der Waals surface area (Å²) in [6.45, 7) is 0. The van der Waals surface area contributed by atoms with E-state index in [-0.39, 0.29) is 5.91 Å². The molecule has 0 saturated carbocycles. The smallest absolute Gasteiger partial charge is 0.241 e. The molecule has 1 amide bonds. The molecule has 0 fully saturated rings. The van der Waals surface area contributed by atoms with Gasteiger partial charge in [0, 0.05) is 0 Å². The quantitative estimate of drug-likeness (QED) is 0.911. The number of carbonyl (C=O) groups is 1. The molecule has 0 unspecified atom stereocenters. The molecule has 2 aromatic carbocycles. The second-order valence-electron chi connectivity index (χ2n) is 4.59. The number of nitrogens with zero attached hydrogens (tertiary/aromatic N) is 1. The molecule has 0 radical (unpaired) electrons. The minimum absolute atomic E-state index is 0.337. The van der Waals surface area contributed by atoms with Crippen LogP contribution >= 0.6 is 11.6 Å². The van der Waals surface area contributed by atoms with Gasteiger partial charge in [0.2, 0.25) is 5.91 Å². The fourth-order valence-corrected chi connectivity index (χ4v) is 2.04. The first-order valence-corrected chi connectivity index (χ1v) is 6.78. The predicted octanol–water partition coefficient (Wildman–Crippen LogP) is 2.72. The fraction of sp³-hybridized carbons (Fsp3) is 0.125. The highest BCUT2D eigenvalue weighted by molar-refractivity contribution is 6.33. The highest BCUT2D eigenvalue weighted by Gasteiger charge is 2.15. The number of hydrogen-bond donors (Lipinski definition) is 2. The number of rotatable bonds is 4. The van der Waals surface area contributed by atoms with Crippen molar-refractivity contribution in [2.45, 2.75) is 12.5 Å². The van der Waals surface area contributed by atoms with E-state index in [0.29, 0.717) is 22.7 Å². The van der Waals surface area contributed by atoms with Gasteiger partial charge in [-0.3, -0.25) is 4.79 Å². The van der Waals surface area contributed by atoms with E-state index >= 15 is 0 Å². The van der Waals surface area contributed by atoms with Crippen LogP contribution in [0.3, 0.4) is 0 Å². The first kappa shape index (κ1) is 15.0. The number of benzene rings is 2. The Bertz CT molecular complexity index is 680. The molecular formula is C16H14ClN3O. The lowest BCUT2D eigenvalue weighted by Gasteiger charge is -2.13. The van der Waals surface area contributed by atoms with Crippen LogP contribution in [-0.2, 0) is 11.2 Å². The number of hydrogen-bond acceptors (Lipinski definition) is 3. The third-order valence-corrected chi connectivity index (χ3v) is 3.32. The lowest BCUT2D eigenvalue weighted by Crippen LogP contribution is -2.37. The Labute approximate surface area is 128 Å². The van der Waals surface area contributed by atoms with Gasteiger partial charge in [0.05, 0.1) is 28.4 Å². The third kappa shape index (κ3) is 4.06. The molecule has 0 bridgehead atoms. The van der Waals surface area contributed by atoms with Crippen molar-refractivity contribution in [3.8, 4) is 6.07 Å². The molecular weight excluding hydrogens is 286 g/mol. The molecule has 4 nitrogen and oxygen atoms in total. The van der Waals surface area contributed by atoms with Gasteiger partial charge in [-0.15, -0.1) is 0 Å². The van der Waals surface area contributed by atoms with Crippen molar-refractivity contribution < 1.29 is 4.79 Å². The summed E-state index contributed by atoms with van der Waals surface area (Å²) < 4.78 is 0. The Kier molecular flexibility index (Phi) is 4.94.